The molecule has 174 valence electrons. The van der Waals surface area contributed by atoms with E-state index in [1.54, 1.807) is 20.8 Å². The van der Waals surface area contributed by atoms with Gasteiger partial charge in [0.05, 0.1) is 12.6 Å². The van der Waals surface area contributed by atoms with Gasteiger partial charge in [-0.05, 0) is 26.2 Å². The average Bonchev–Trinajstić information content (AvgIpc) is 3.18. The van der Waals surface area contributed by atoms with Gasteiger partial charge in [-0.2, -0.15) is 0 Å². The van der Waals surface area contributed by atoms with Gasteiger partial charge in [-0.15, -0.1) is 0 Å². The number of hydrogen-bond donors (Lipinski definition) is 2. The maximum Gasteiger partial charge on any atom is 0.326 e. The summed E-state index contributed by atoms with van der Waals surface area (Å²) in [6.45, 7) is 7.31. The normalized spacial score (nSPS) is 20.0. The number of nitrogens with one attached hydrogen (secondary N) is 1. The first-order valence-corrected chi connectivity index (χ1v) is 12.4. The first-order chi connectivity index (χ1) is 14.0. The molecule has 0 radical (unpaired) electrons. The number of carboxylic acids is 1. The van der Waals surface area contributed by atoms with E-state index < -0.39 is 36.9 Å². The quantitative estimate of drug-likeness (QED) is 0.170. The van der Waals surface area contributed by atoms with Crippen molar-refractivity contribution in [1.29, 1.82) is 0 Å². The van der Waals surface area contributed by atoms with Crippen LogP contribution in [0.5, 0.6) is 0 Å². The highest BCUT2D eigenvalue weighted by Crippen LogP contribution is 2.44. The van der Waals surface area contributed by atoms with E-state index in [0.29, 0.717) is 25.8 Å². The number of carbonyl (C=O) groups is 3. The van der Waals surface area contributed by atoms with Gasteiger partial charge in [0.15, 0.2) is 6.79 Å². The summed E-state index contributed by atoms with van der Waals surface area (Å²) in [5.74, 6) is -1.43. The van der Waals surface area contributed by atoms with Crippen molar-refractivity contribution >= 4 is 25.7 Å². The zero-order valence-electron chi connectivity index (χ0n) is 18.6. The number of rotatable bonds is 15. The van der Waals surface area contributed by atoms with Crippen LogP contribution in [-0.2, 0) is 28.2 Å². The molecule has 0 aromatic heterocycles. The summed E-state index contributed by atoms with van der Waals surface area (Å²) in [6, 6.07) is -1.70. The predicted octanol–water partition coefficient (Wildman–Crippen LogP) is 3.03. The number of carboxylic acid groups (broad SMARTS) is 1. The maximum absolute atomic E-state index is 13.3. The Kier molecular flexibility index (Phi) is 11.2. The zero-order valence-corrected chi connectivity index (χ0v) is 19.5. The lowest BCUT2D eigenvalue weighted by atomic mass is 9.98. The van der Waals surface area contributed by atoms with Crippen molar-refractivity contribution < 1.29 is 33.3 Å². The summed E-state index contributed by atoms with van der Waals surface area (Å²) in [5.41, 5.74) is -0.674. The van der Waals surface area contributed by atoms with Crippen molar-refractivity contribution in [1.82, 2.24) is 9.99 Å². The minimum absolute atomic E-state index is 0.120. The van der Waals surface area contributed by atoms with Crippen LogP contribution in [0.25, 0.3) is 0 Å². The SMILES string of the molecule is CCCCCCP(=O)(N[C@@H](C)C(=O)N1CCC[C@H]1C(=O)O)OCOCC(C)(C)C=O. The molecule has 0 aromatic rings. The number of aliphatic carboxylic acids is 1. The van der Waals surface area contributed by atoms with Gasteiger partial charge in [0.1, 0.15) is 12.3 Å². The van der Waals surface area contributed by atoms with Crippen LogP contribution in [0.4, 0.5) is 0 Å². The maximum atomic E-state index is 13.3. The van der Waals surface area contributed by atoms with Gasteiger partial charge in [-0.25, -0.2) is 9.88 Å². The standard InChI is InChI=1S/C20H37N2O7P/c1-5-6-7-8-12-30(27,29-15-28-14-20(3,4)13-23)21-16(2)18(24)22-11-9-10-17(22)19(25)26/h13,16-17H,5-12,14-15H2,1-4H3,(H,21,27)(H,25,26)/t16-,17-,30?/m0/s1. The van der Waals surface area contributed by atoms with Crippen LogP contribution >= 0.6 is 7.52 Å². The molecular weight excluding hydrogens is 411 g/mol. The topological polar surface area (TPSA) is 122 Å². The van der Waals surface area contributed by atoms with E-state index in [1.807, 2.05) is 0 Å². The van der Waals surface area contributed by atoms with E-state index in [4.69, 9.17) is 9.26 Å². The molecule has 2 N–H and O–H groups in total. The molecule has 3 atom stereocenters. The van der Waals surface area contributed by atoms with Crippen molar-refractivity contribution in [2.24, 2.45) is 5.41 Å². The van der Waals surface area contributed by atoms with Gasteiger partial charge in [0, 0.05) is 18.1 Å². The lowest BCUT2D eigenvalue weighted by Gasteiger charge is -2.28. The number of hydrogen-bond acceptors (Lipinski definition) is 6. The van der Waals surface area contributed by atoms with Crippen LogP contribution in [0.2, 0.25) is 0 Å². The molecule has 1 saturated heterocycles. The van der Waals surface area contributed by atoms with Crippen LogP contribution in [0.15, 0.2) is 0 Å². The molecule has 0 bridgehead atoms. The van der Waals surface area contributed by atoms with E-state index >= 15 is 0 Å². The summed E-state index contributed by atoms with van der Waals surface area (Å²) < 4.78 is 24.2. The third-order valence-electron chi connectivity index (χ3n) is 5.03. The summed E-state index contributed by atoms with van der Waals surface area (Å²) in [6.07, 6.45) is 5.66. The summed E-state index contributed by atoms with van der Waals surface area (Å²) in [4.78, 5) is 36.4. The third-order valence-corrected chi connectivity index (χ3v) is 7.23. The van der Waals surface area contributed by atoms with Gasteiger partial charge < -0.3 is 19.5 Å². The van der Waals surface area contributed by atoms with Crippen LogP contribution in [-0.4, -0.2) is 66.4 Å². The average molecular weight is 448 g/mol. The van der Waals surface area contributed by atoms with Crippen molar-refractivity contribution in [3.8, 4) is 0 Å². The highest BCUT2D eigenvalue weighted by atomic mass is 31.2. The first-order valence-electron chi connectivity index (χ1n) is 10.6. The van der Waals surface area contributed by atoms with E-state index in [-0.39, 0.29) is 19.6 Å². The molecule has 1 amide bonds. The molecule has 1 aliphatic heterocycles. The van der Waals surface area contributed by atoms with Gasteiger partial charge >= 0.3 is 5.97 Å². The van der Waals surface area contributed by atoms with Gasteiger partial charge in [-0.1, -0.05) is 40.0 Å². The Hall–Kier alpha value is -1.28. The van der Waals surface area contributed by atoms with Crippen LogP contribution in [0, 0.1) is 5.41 Å². The Labute approximate surface area is 179 Å². The first kappa shape index (κ1) is 26.8. The second-order valence-electron chi connectivity index (χ2n) is 8.54. The highest BCUT2D eigenvalue weighted by molar-refractivity contribution is 7.56. The molecule has 1 rings (SSSR count). The Balaban J connectivity index is 2.72. The molecule has 9 nitrogen and oxygen atoms in total. The molecule has 10 heteroatoms. The molecule has 0 aromatic carbocycles. The number of carbonyl (C=O) groups excluding carboxylic acids is 2. The molecule has 0 aliphatic carbocycles. The van der Waals surface area contributed by atoms with Gasteiger partial charge in [-0.3, -0.25) is 13.9 Å². The van der Waals surface area contributed by atoms with E-state index in [2.05, 4.69) is 12.0 Å². The summed E-state index contributed by atoms with van der Waals surface area (Å²) in [5, 5.41) is 12.1. The van der Waals surface area contributed by atoms with Crippen LogP contribution in [0.1, 0.15) is 66.2 Å². The largest absolute Gasteiger partial charge is 0.480 e. The Bertz CT molecular complexity index is 626. The number of likely N-dealkylation sites (tertiary alicyclic amines) is 1. The number of amides is 1. The number of nitrogens with zero attached hydrogens (tertiary/aromatic N) is 1. The number of aldehydes is 1. The second kappa shape index (κ2) is 12.5. The van der Waals surface area contributed by atoms with Crippen LogP contribution in [0.3, 0.4) is 0 Å². The fourth-order valence-corrected chi connectivity index (χ4v) is 5.18. The van der Waals surface area contributed by atoms with Crippen LogP contribution < -0.4 is 5.09 Å². The molecule has 0 saturated carbocycles. The summed E-state index contributed by atoms with van der Waals surface area (Å²) >= 11 is 0. The molecule has 1 aliphatic rings. The monoisotopic (exact) mass is 448 g/mol. The zero-order chi connectivity index (χ0) is 22.8. The second-order valence-corrected chi connectivity index (χ2v) is 10.8. The van der Waals surface area contributed by atoms with E-state index in [1.165, 1.54) is 4.90 Å². The van der Waals surface area contributed by atoms with Crippen molar-refractivity contribution in [2.45, 2.75) is 78.3 Å². The fraction of sp³-hybridized carbons (Fsp3) is 0.850. The van der Waals surface area contributed by atoms with Gasteiger partial charge in [0.25, 0.3) is 7.52 Å². The number of unbranched alkanes of at least 4 members (excludes halogenated alkanes) is 3. The van der Waals surface area contributed by atoms with Crippen molar-refractivity contribution in [3.63, 3.8) is 0 Å². The van der Waals surface area contributed by atoms with Crippen molar-refractivity contribution in [2.75, 3.05) is 26.1 Å². The Morgan fingerprint density at radius 3 is 2.63 bits per heavy atom. The minimum Gasteiger partial charge on any atom is -0.480 e. The van der Waals surface area contributed by atoms with Crippen molar-refractivity contribution in [3.05, 3.63) is 0 Å². The molecule has 30 heavy (non-hydrogen) atoms. The molecule has 1 fully saturated rings. The predicted molar refractivity (Wildman–Crippen MR) is 113 cm³/mol. The third kappa shape index (κ3) is 8.84. The minimum atomic E-state index is -3.40. The summed E-state index contributed by atoms with van der Waals surface area (Å²) in [7, 11) is -3.40. The molecular formula is C20H37N2O7P. The Morgan fingerprint density at radius 1 is 1.33 bits per heavy atom. The van der Waals surface area contributed by atoms with E-state index in [0.717, 1.165) is 25.5 Å². The lowest BCUT2D eigenvalue weighted by molar-refractivity contribution is -0.148. The molecule has 0 spiro atoms. The highest BCUT2D eigenvalue weighted by Gasteiger charge is 2.38. The fourth-order valence-electron chi connectivity index (χ4n) is 3.26. The molecule has 1 heterocycles. The Morgan fingerprint density at radius 2 is 2.03 bits per heavy atom. The van der Waals surface area contributed by atoms with E-state index in [9.17, 15) is 24.1 Å². The smallest absolute Gasteiger partial charge is 0.326 e. The number of ether oxygens (including phenoxy) is 1. The lowest BCUT2D eigenvalue weighted by Crippen LogP contribution is -2.48. The van der Waals surface area contributed by atoms with Gasteiger partial charge in [0.2, 0.25) is 5.91 Å². The molecule has 1 unspecified atom stereocenters.